The Morgan fingerprint density at radius 1 is 1.06 bits per heavy atom. The zero-order chi connectivity index (χ0) is 21.8. The molecule has 1 unspecified atom stereocenters. The maximum atomic E-state index is 13.1. The maximum Gasteiger partial charge on any atom is 0.244 e. The van der Waals surface area contributed by atoms with Crippen LogP contribution in [-0.4, -0.2) is 60.0 Å². The van der Waals surface area contributed by atoms with Crippen LogP contribution < -0.4 is 5.01 Å². The molecule has 5 rings (SSSR count). The van der Waals surface area contributed by atoms with Crippen molar-refractivity contribution in [3.63, 3.8) is 0 Å². The lowest BCUT2D eigenvalue weighted by Crippen LogP contribution is -2.34. The molecule has 0 spiro atoms. The van der Waals surface area contributed by atoms with Crippen molar-refractivity contribution in [2.45, 2.75) is 17.4 Å². The SMILES string of the molecule is CS(=O)(=O)C1CCN(n2cnc3cnc4c(ccn4S(=O)(=O)Cc4ccccc4)c32)C1. The Bertz CT molecular complexity index is 1490. The summed E-state index contributed by atoms with van der Waals surface area (Å²) in [6, 6.07) is 10.7. The van der Waals surface area contributed by atoms with Gasteiger partial charge < -0.3 is 5.01 Å². The number of nitrogens with zero attached hydrogens (tertiary/aromatic N) is 5. The average Bonchev–Trinajstić information content (AvgIpc) is 3.44. The maximum absolute atomic E-state index is 13.1. The molecule has 11 heteroatoms. The molecule has 162 valence electrons. The Balaban J connectivity index is 1.58. The highest BCUT2D eigenvalue weighted by atomic mass is 32.2. The van der Waals surface area contributed by atoms with Crippen LogP contribution in [0.4, 0.5) is 0 Å². The Hall–Kier alpha value is -2.92. The van der Waals surface area contributed by atoms with Crippen molar-refractivity contribution in [1.29, 1.82) is 0 Å². The quantitative estimate of drug-likeness (QED) is 0.445. The molecule has 3 aromatic heterocycles. The molecular weight excluding hydrogens is 438 g/mol. The predicted molar refractivity (Wildman–Crippen MR) is 119 cm³/mol. The first-order valence-corrected chi connectivity index (χ1v) is 13.3. The topological polar surface area (TPSA) is 107 Å². The molecule has 31 heavy (non-hydrogen) atoms. The smallest absolute Gasteiger partial charge is 0.244 e. The summed E-state index contributed by atoms with van der Waals surface area (Å²) < 4.78 is 53.1. The number of aromatic nitrogens is 4. The lowest BCUT2D eigenvalue weighted by atomic mass is 10.2. The van der Waals surface area contributed by atoms with E-state index in [9.17, 15) is 16.8 Å². The molecule has 0 radical (unpaired) electrons. The van der Waals surface area contributed by atoms with E-state index in [0.29, 0.717) is 47.1 Å². The highest BCUT2D eigenvalue weighted by Crippen LogP contribution is 2.27. The van der Waals surface area contributed by atoms with Crippen molar-refractivity contribution < 1.29 is 16.8 Å². The first kappa shape index (κ1) is 20.0. The van der Waals surface area contributed by atoms with Crippen LogP contribution in [0.5, 0.6) is 0 Å². The number of pyridine rings is 1. The minimum Gasteiger partial charge on any atom is -0.310 e. The highest BCUT2D eigenvalue weighted by Gasteiger charge is 2.31. The van der Waals surface area contributed by atoms with E-state index < -0.39 is 25.1 Å². The van der Waals surface area contributed by atoms with Gasteiger partial charge in [0.25, 0.3) is 0 Å². The number of benzene rings is 1. The van der Waals surface area contributed by atoms with Gasteiger partial charge in [0, 0.05) is 24.4 Å². The Morgan fingerprint density at radius 3 is 2.55 bits per heavy atom. The zero-order valence-electron chi connectivity index (χ0n) is 16.8. The van der Waals surface area contributed by atoms with Crippen molar-refractivity contribution in [3.05, 3.63) is 60.7 Å². The molecule has 9 nitrogen and oxygen atoms in total. The Kier molecular flexibility index (Phi) is 4.56. The fourth-order valence-corrected chi connectivity index (χ4v) is 6.48. The van der Waals surface area contributed by atoms with Gasteiger partial charge in [-0.25, -0.2) is 35.5 Å². The number of hydrogen-bond donors (Lipinski definition) is 0. The van der Waals surface area contributed by atoms with Gasteiger partial charge in [0.05, 0.1) is 23.7 Å². The fourth-order valence-electron chi connectivity index (χ4n) is 4.10. The molecule has 1 fully saturated rings. The van der Waals surface area contributed by atoms with Crippen molar-refractivity contribution >= 4 is 41.9 Å². The molecule has 4 aromatic rings. The van der Waals surface area contributed by atoms with Crippen LogP contribution in [0.25, 0.3) is 22.1 Å². The molecule has 0 N–H and O–H groups in total. The summed E-state index contributed by atoms with van der Waals surface area (Å²) in [5, 5.41) is 2.14. The van der Waals surface area contributed by atoms with Gasteiger partial charge >= 0.3 is 0 Å². The number of imidazole rings is 1. The van der Waals surface area contributed by atoms with Crippen molar-refractivity contribution in [2.24, 2.45) is 0 Å². The van der Waals surface area contributed by atoms with E-state index in [1.54, 1.807) is 42.9 Å². The standard InChI is InChI=1S/C20H21N5O4S2/c1-30(26,27)16-7-9-23(12-16)24-14-22-18-11-21-20-17(19(18)24)8-10-25(20)31(28,29)13-15-5-3-2-4-6-15/h2-6,8,10-11,14,16H,7,9,12-13H2,1H3. The van der Waals surface area contributed by atoms with E-state index in [4.69, 9.17) is 0 Å². The third kappa shape index (κ3) is 3.47. The van der Waals surface area contributed by atoms with Crippen molar-refractivity contribution in [2.75, 3.05) is 24.4 Å². The molecular formula is C20H21N5O4S2. The van der Waals surface area contributed by atoms with Gasteiger partial charge in [0.1, 0.15) is 17.4 Å². The van der Waals surface area contributed by atoms with Gasteiger partial charge in [-0.3, -0.25) is 0 Å². The molecule has 1 atom stereocenters. The molecule has 4 heterocycles. The van der Waals surface area contributed by atoms with Crippen LogP contribution in [0, 0.1) is 0 Å². The summed E-state index contributed by atoms with van der Waals surface area (Å²) in [6.07, 6.45) is 6.49. The number of hydrogen-bond acceptors (Lipinski definition) is 7. The van der Waals surface area contributed by atoms with E-state index in [1.807, 2.05) is 15.8 Å². The minimum absolute atomic E-state index is 0.140. The molecule has 1 saturated heterocycles. The monoisotopic (exact) mass is 459 g/mol. The highest BCUT2D eigenvalue weighted by molar-refractivity contribution is 7.91. The first-order valence-electron chi connectivity index (χ1n) is 9.78. The van der Waals surface area contributed by atoms with E-state index in [0.717, 1.165) is 0 Å². The van der Waals surface area contributed by atoms with Crippen LogP contribution in [-0.2, 0) is 25.6 Å². The Morgan fingerprint density at radius 2 is 1.84 bits per heavy atom. The third-order valence-electron chi connectivity index (χ3n) is 5.69. The minimum atomic E-state index is -3.68. The molecule has 1 aliphatic rings. The summed E-state index contributed by atoms with van der Waals surface area (Å²) >= 11 is 0. The molecule has 0 amide bonds. The lowest BCUT2D eigenvalue weighted by molar-refractivity contribution is 0.586. The molecule has 0 saturated carbocycles. The molecule has 1 aliphatic heterocycles. The second kappa shape index (κ2) is 7.06. The summed E-state index contributed by atoms with van der Waals surface area (Å²) in [4.78, 5) is 8.76. The second-order valence-corrected chi connectivity index (χ2v) is 12.0. The van der Waals surface area contributed by atoms with Gasteiger partial charge in [0.2, 0.25) is 10.0 Å². The first-order chi connectivity index (χ1) is 14.7. The number of fused-ring (bicyclic) bond motifs is 3. The van der Waals surface area contributed by atoms with E-state index in [-0.39, 0.29) is 5.75 Å². The third-order valence-corrected chi connectivity index (χ3v) is 8.88. The second-order valence-electron chi connectivity index (χ2n) is 7.82. The van der Waals surface area contributed by atoms with Crippen LogP contribution in [0.15, 0.2) is 55.1 Å². The van der Waals surface area contributed by atoms with E-state index in [1.165, 1.54) is 16.4 Å². The van der Waals surface area contributed by atoms with Crippen molar-refractivity contribution in [3.8, 4) is 0 Å². The fraction of sp³-hybridized carbons (Fsp3) is 0.300. The van der Waals surface area contributed by atoms with Gasteiger partial charge in [0.15, 0.2) is 15.5 Å². The average molecular weight is 460 g/mol. The van der Waals surface area contributed by atoms with Gasteiger partial charge in [-0.2, -0.15) is 0 Å². The summed E-state index contributed by atoms with van der Waals surface area (Å²) in [6.45, 7) is 0.932. The lowest BCUT2D eigenvalue weighted by Gasteiger charge is -2.20. The predicted octanol–water partition coefficient (Wildman–Crippen LogP) is 1.52. The number of rotatable bonds is 5. The van der Waals surface area contributed by atoms with Crippen LogP contribution >= 0.6 is 0 Å². The van der Waals surface area contributed by atoms with Gasteiger partial charge in [-0.1, -0.05) is 30.3 Å². The normalized spacial score (nSPS) is 17.7. The largest absolute Gasteiger partial charge is 0.310 e. The Labute approximate surface area is 179 Å². The van der Waals surface area contributed by atoms with Gasteiger partial charge in [-0.15, -0.1) is 0 Å². The van der Waals surface area contributed by atoms with Gasteiger partial charge in [-0.05, 0) is 18.1 Å². The molecule has 0 aliphatic carbocycles. The zero-order valence-corrected chi connectivity index (χ0v) is 18.4. The molecule has 0 bridgehead atoms. The van der Waals surface area contributed by atoms with E-state index >= 15 is 0 Å². The van der Waals surface area contributed by atoms with Crippen LogP contribution in [0.1, 0.15) is 12.0 Å². The summed E-state index contributed by atoms with van der Waals surface area (Å²) in [7, 11) is -6.82. The summed E-state index contributed by atoms with van der Waals surface area (Å²) in [5.74, 6) is -0.140. The van der Waals surface area contributed by atoms with Crippen molar-refractivity contribution in [1.82, 2.24) is 18.6 Å². The van der Waals surface area contributed by atoms with Crippen LogP contribution in [0.3, 0.4) is 0 Å². The molecule has 1 aromatic carbocycles. The van der Waals surface area contributed by atoms with Crippen LogP contribution in [0.2, 0.25) is 0 Å². The number of sulfone groups is 1. The summed E-state index contributed by atoms with van der Waals surface area (Å²) in [5.41, 5.74) is 2.35. The van der Waals surface area contributed by atoms with E-state index in [2.05, 4.69) is 9.97 Å².